The summed E-state index contributed by atoms with van der Waals surface area (Å²) in [5.74, 6) is 1.26. The molecule has 0 aromatic rings. The zero-order valence-corrected chi connectivity index (χ0v) is 15.0. The number of likely N-dealkylation sites (tertiary alicyclic amines) is 1. The molecule has 0 bridgehead atoms. The minimum Gasteiger partial charge on any atom is -0.379 e. The maximum Gasteiger partial charge on any atom is 0.188 e. The lowest BCUT2D eigenvalue weighted by molar-refractivity contribution is 0.0376. The molecule has 0 aromatic carbocycles. The smallest absolute Gasteiger partial charge is 0.188 e. The van der Waals surface area contributed by atoms with E-state index in [1.54, 1.807) is 0 Å². The Morgan fingerprint density at radius 3 is 2.83 bits per heavy atom. The van der Waals surface area contributed by atoms with E-state index in [0.717, 1.165) is 58.9 Å². The number of aliphatic imine (C=N–C) groups is 1. The Hall–Kier alpha value is -0.850. The van der Waals surface area contributed by atoms with Gasteiger partial charge >= 0.3 is 0 Å². The molecule has 1 atom stereocenters. The number of nitrogens with zero attached hydrogens (tertiary/aromatic N) is 3. The van der Waals surface area contributed by atoms with E-state index < -0.39 is 0 Å². The number of morpholine rings is 1. The second-order valence-electron chi connectivity index (χ2n) is 7.06. The van der Waals surface area contributed by atoms with Crippen molar-refractivity contribution in [2.45, 2.75) is 39.2 Å². The van der Waals surface area contributed by atoms with Gasteiger partial charge in [0.05, 0.1) is 13.2 Å². The minimum atomic E-state index is 0.605. The van der Waals surface area contributed by atoms with Crippen LogP contribution in [0.3, 0.4) is 0 Å². The van der Waals surface area contributed by atoms with Gasteiger partial charge < -0.3 is 20.7 Å². The van der Waals surface area contributed by atoms with Crippen molar-refractivity contribution in [1.82, 2.24) is 15.1 Å². The number of ether oxygens (including phenoxy) is 1. The van der Waals surface area contributed by atoms with Crippen molar-refractivity contribution in [1.29, 1.82) is 0 Å². The molecule has 2 aliphatic heterocycles. The lowest BCUT2D eigenvalue weighted by Gasteiger charge is -2.34. The van der Waals surface area contributed by atoms with Crippen molar-refractivity contribution in [2.24, 2.45) is 16.6 Å². The number of hydrogen-bond acceptors (Lipinski definition) is 4. The molecule has 23 heavy (non-hydrogen) atoms. The number of nitrogens with two attached hydrogens (primary N) is 1. The molecule has 0 aliphatic carbocycles. The van der Waals surface area contributed by atoms with Crippen LogP contribution in [0.25, 0.3) is 0 Å². The van der Waals surface area contributed by atoms with E-state index in [9.17, 15) is 0 Å². The number of hydrogen-bond donors (Lipinski definition) is 2. The number of guanidine groups is 1. The molecule has 2 rings (SSSR count). The highest BCUT2D eigenvalue weighted by molar-refractivity contribution is 5.77. The first kappa shape index (κ1) is 18.5. The summed E-state index contributed by atoms with van der Waals surface area (Å²) in [4.78, 5) is 9.55. The molecule has 0 radical (unpaired) electrons. The normalized spacial score (nSPS) is 25.0. The molecule has 6 nitrogen and oxygen atoms in total. The molecule has 1 unspecified atom stereocenters. The quantitative estimate of drug-likeness (QED) is 0.410. The SMILES string of the molecule is CC(C)N1CCCC(CN=C(N)NCCCN2CCOCC2)C1. The van der Waals surface area contributed by atoms with Crippen LogP contribution in [0.1, 0.15) is 33.1 Å². The van der Waals surface area contributed by atoms with E-state index in [1.807, 2.05) is 0 Å². The first-order valence-corrected chi connectivity index (χ1v) is 9.23. The van der Waals surface area contributed by atoms with Crippen LogP contribution in [0.5, 0.6) is 0 Å². The van der Waals surface area contributed by atoms with Crippen LogP contribution >= 0.6 is 0 Å². The Morgan fingerprint density at radius 1 is 1.30 bits per heavy atom. The third kappa shape index (κ3) is 7.06. The lowest BCUT2D eigenvalue weighted by Crippen LogP contribution is -2.41. The second-order valence-corrected chi connectivity index (χ2v) is 7.06. The van der Waals surface area contributed by atoms with Crippen LogP contribution in [0.4, 0.5) is 0 Å². The van der Waals surface area contributed by atoms with Gasteiger partial charge in [0, 0.05) is 38.8 Å². The molecule has 2 aliphatic rings. The van der Waals surface area contributed by atoms with Crippen LogP contribution in [-0.2, 0) is 4.74 Å². The molecule has 3 N–H and O–H groups in total. The standard InChI is InChI=1S/C17H35N5O/c1-15(2)22-8-3-5-16(14-22)13-20-17(18)19-6-4-7-21-9-11-23-12-10-21/h15-16H,3-14H2,1-2H3,(H3,18,19,20). The summed E-state index contributed by atoms with van der Waals surface area (Å²) in [6.07, 6.45) is 3.66. The zero-order valence-electron chi connectivity index (χ0n) is 15.0. The number of rotatable bonds is 7. The molecular weight excluding hydrogens is 290 g/mol. The van der Waals surface area contributed by atoms with Crippen molar-refractivity contribution < 1.29 is 4.74 Å². The van der Waals surface area contributed by atoms with Gasteiger partial charge in [0.2, 0.25) is 0 Å². The second kappa shape index (κ2) is 10.1. The van der Waals surface area contributed by atoms with Crippen molar-refractivity contribution in [3.63, 3.8) is 0 Å². The topological polar surface area (TPSA) is 66.1 Å². The van der Waals surface area contributed by atoms with Gasteiger partial charge in [0.1, 0.15) is 0 Å². The van der Waals surface area contributed by atoms with Crippen LogP contribution in [-0.4, -0.2) is 80.8 Å². The van der Waals surface area contributed by atoms with Crippen LogP contribution in [0, 0.1) is 5.92 Å². The van der Waals surface area contributed by atoms with Crippen molar-refractivity contribution in [2.75, 3.05) is 59.0 Å². The van der Waals surface area contributed by atoms with Gasteiger partial charge in [-0.25, -0.2) is 0 Å². The maximum absolute atomic E-state index is 6.00. The summed E-state index contributed by atoms with van der Waals surface area (Å²) in [5.41, 5.74) is 6.00. The molecule has 2 saturated heterocycles. The van der Waals surface area contributed by atoms with E-state index >= 15 is 0 Å². The third-order valence-corrected chi connectivity index (χ3v) is 4.86. The summed E-state index contributed by atoms with van der Waals surface area (Å²) in [6, 6.07) is 0.637. The number of piperidine rings is 1. The fraction of sp³-hybridized carbons (Fsp3) is 0.941. The fourth-order valence-corrected chi connectivity index (χ4v) is 3.34. The fourth-order valence-electron chi connectivity index (χ4n) is 3.34. The molecule has 6 heteroatoms. The predicted molar refractivity (Wildman–Crippen MR) is 95.8 cm³/mol. The van der Waals surface area contributed by atoms with E-state index in [0.29, 0.717) is 17.9 Å². The summed E-state index contributed by atoms with van der Waals surface area (Å²) >= 11 is 0. The molecule has 2 heterocycles. The van der Waals surface area contributed by atoms with Gasteiger partial charge in [-0.2, -0.15) is 0 Å². The summed E-state index contributed by atoms with van der Waals surface area (Å²) in [7, 11) is 0. The van der Waals surface area contributed by atoms with Crippen molar-refractivity contribution in [3.05, 3.63) is 0 Å². The maximum atomic E-state index is 6.00. The van der Waals surface area contributed by atoms with Gasteiger partial charge in [-0.15, -0.1) is 0 Å². The Bertz CT molecular complexity index is 355. The average molecular weight is 326 g/mol. The van der Waals surface area contributed by atoms with E-state index in [2.05, 4.69) is 34.0 Å². The largest absolute Gasteiger partial charge is 0.379 e. The first-order valence-electron chi connectivity index (χ1n) is 9.23. The van der Waals surface area contributed by atoms with E-state index in [4.69, 9.17) is 10.5 Å². The van der Waals surface area contributed by atoms with Crippen LogP contribution < -0.4 is 11.1 Å². The Labute approximate surface area is 141 Å². The predicted octanol–water partition coefficient (Wildman–Crippen LogP) is 0.733. The highest BCUT2D eigenvalue weighted by Crippen LogP contribution is 2.18. The molecule has 2 fully saturated rings. The molecule has 0 amide bonds. The summed E-state index contributed by atoms with van der Waals surface area (Å²) in [6.45, 7) is 13.6. The highest BCUT2D eigenvalue weighted by Gasteiger charge is 2.21. The van der Waals surface area contributed by atoms with Crippen molar-refractivity contribution >= 4 is 5.96 Å². The van der Waals surface area contributed by atoms with Crippen LogP contribution in [0.2, 0.25) is 0 Å². The van der Waals surface area contributed by atoms with Gasteiger partial charge in [0.15, 0.2) is 5.96 Å². The lowest BCUT2D eigenvalue weighted by atomic mass is 9.97. The van der Waals surface area contributed by atoms with Gasteiger partial charge in [-0.3, -0.25) is 9.89 Å². The third-order valence-electron chi connectivity index (χ3n) is 4.86. The molecule has 0 aromatic heterocycles. The Balaban J connectivity index is 1.57. The van der Waals surface area contributed by atoms with Crippen molar-refractivity contribution in [3.8, 4) is 0 Å². The van der Waals surface area contributed by atoms with Gasteiger partial charge in [0.25, 0.3) is 0 Å². The molecule has 134 valence electrons. The van der Waals surface area contributed by atoms with Crippen LogP contribution in [0.15, 0.2) is 4.99 Å². The highest BCUT2D eigenvalue weighted by atomic mass is 16.5. The summed E-state index contributed by atoms with van der Waals surface area (Å²) in [5, 5.41) is 3.25. The van der Waals surface area contributed by atoms with Gasteiger partial charge in [-0.05, 0) is 52.1 Å². The zero-order chi connectivity index (χ0) is 16.5. The molecule has 0 saturated carbocycles. The first-order chi connectivity index (χ1) is 11.1. The average Bonchev–Trinajstić information content (AvgIpc) is 2.58. The van der Waals surface area contributed by atoms with Gasteiger partial charge in [-0.1, -0.05) is 0 Å². The number of nitrogens with one attached hydrogen (secondary N) is 1. The Morgan fingerprint density at radius 2 is 2.09 bits per heavy atom. The molecular formula is C17H35N5O. The molecule has 0 spiro atoms. The van der Waals surface area contributed by atoms with E-state index in [-0.39, 0.29) is 0 Å². The Kier molecular flexibility index (Phi) is 8.12. The minimum absolute atomic E-state index is 0.605. The monoisotopic (exact) mass is 325 g/mol. The van der Waals surface area contributed by atoms with E-state index in [1.165, 1.54) is 19.4 Å². The summed E-state index contributed by atoms with van der Waals surface area (Å²) < 4.78 is 5.36.